The number of hydrogen-bond donors (Lipinski definition) is 2. The molecule has 0 radical (unpaired) electrons. The fraction of sp³-hybridized carbons (Fsp3) is 0.263. The van der Waals surface area contributed by atoms with Gasteiger partial charge in [-0.25, -0.2) is 4.79 Å². The van der Waals surface area contributed by atoms with Crippen LogP contribution in [0.4, 0.5) is 4.79 Å². The van der Waals surface area contributed by atoms with Crippen molar-refractivity contribution in [1.82, 2.24) is 10.2 Å². The Morgan fingerprint density at radius 1 is 1.23 bits per heavy atom. The summed E-state index contributed by atoms with van der Waals surface area (Å²) in [6.45, 7) is 0.444. The van der Waals surface area contributed by atoms with Gasteiger partial charge in [-0.2, -0.15) is 0 Å². The maximum atomic E-state index is 12.6. The van der Waals surface area contributed by atoms with Gasteiger partial charge in [0.15, 0.2) is 0 Å². The first kappa shape index (κ1) is 19.8. The number of amides is 3. The third kappa shape index (κ3) is 5.77. The highest BCUT2D eigenvalue weighted by Crippen LogP contribution is 2.21. The maximum Gasteiger partial charge on any atom is 0.312 e. The number of methoxy groups -OCH3 is 1. The average Bonchev–Trinajstić information content (AvgIpc) is 2.61. The van der Waals surface area contributed by atoms with Crippen molar-refractivity contribution < 1.29 is 14.3 Å². The van der Waals surface area contributed by atoms with Crippen molar-refractivity contribution in [3.63, 3.8) is 0 Å². The lowest BCUT2D eigenvalue weighted by Gasteiger charge is -2.22. The number of primary amides is 1. The Bertz CT molecular complexity index is 765. The minimum atomic E-state index is -0.666. The van der Waals surface area contributed by atoms with Crippen LogP contribution in [0.3, 0.4) is 0 Å². The third-order valence-electron chi connectivity index (χ3n) is 3.95. The summed E-state index contributed by atoms with van der Waals surface area (Å²) in [7, 11) is 3.33. The molecule has 3 N–H and O–H groups in total. The van der Waals surface area contributed by atoms with Gasteiger partial charge in [0.2, 0.25) is 5.91 Å². The van der Waals surface area contributed by atoms with Crippen molar-refractivity contribution >= 4 is 27.9 Å². The minimum Gasteiger partial charge on any atom is -0.497 e. The normalized spacial score (nSPS) is 11.5. The monoisotopic (exact) mass is 419 g/mol. The van der Waals surface area contributed by atoms with Crippen LogP contribution in [0.5, 0.6) is 5.75 Å². The zero-order valence-corrected chi connectivity index (χ0v) is 16.3. The van der Waals surface area contributed by atoms with E-state index in [9.17, 15) is 9.59 Å². The summed E-state index contributed by atoms with van der Waals surface area (Å²) in [6.07, 6.45) is 0.116. The van der Waals surface area contributed by atoms with Crippen LogP contribution in [-0.2, 0) is 11.3 Å². The molecule has 0 unspecified atom stereocenters. The summed E-state index contributed by atoms with van der Waals surface area (Å²) < 4.78 is 6.12. The molecule has 138 valence electrons. The maximum absolute atomic E-state index is 12.6. The van der Waals surface area contributed by atoms with Crippen LogP contribution in [0.25, 0.3) is 0 Å². The lowest BCUT2D eigenvalue weighted by molar-refractivity contribution is -0.130. The number of carbonyl (C=O) groups excluding carboxylic acids is 2. The van der Waals surface area contributed by atoms with Crippen molar-refractivity contribution in [2.75, 3.05) is 14.2 Å². The van der Waals surface area contributed by atoms with Crippen molar-refractivity contribution in [1.29, 1.82) is 0 Å². The largest absolute Gasteiger partial charge is 0.497 e. The first-order valence-corrected chi connectivity index (χ1v) is 8.86. The van der Waals surface area contributed by atoms with Gasteiger partial charge in [-0.1, -0.05) is 40.2 Å². The van der Waals surface area contributed by atoms with E-state index in [1.807, 2.05) is 48.5 Å². The predicted octanol–water partition coefficient (Wildman–Crippen LogP) is 3.22. The molecular weight excluding hydrogens is 398 g/mol. The third-order valence-corrected chi connectivity index (χ3v) is 4.48. The van der Waals surface area contributed by atoms with Gasteiger partial charge >= 0.3 is 6.03 Å². The van der Waals surface area contributed by atoms with Gasteiger partial charge in [-0.15, -0.1) is 0 Å². The molecule has 0 fully saturated rings. The number of nitrogens with one attached hydrogen (secondary N) is 1. The second kappa shape index (κ2) is 9.24. The number of hydrogen-bond acceptors (Lipinski definition) is 3. The highest BCUT2D eigenvalue weighted by Gasteiger charge is 2.20. The summed E-state index contributed by atoms with van der Waals surface area (Å²) in [5.74, 6) is 0.640. The van der Waals surface area contributed by atoms with E-state index >= 15 is 0 Å². The van der Waals surface area contributed by atoms with E-state index in [-0.39, 0.29) is 12.3 Å². The molecule has 2 rings (SSSR count). The Labute approximate surface area is 161 Å². The topological polar surface area (TPSA) is 84.7 Å². The summed E-state index contributed by atoms with van der Waals surface area (Å²) >= 11 is 3.37. The predicted molar refractivity (Wildman–Crippen MR) is 104 cm³/mol. The lowest BCUT2D eigenvalue weighted by atomic mass is 10.0. The van der Waals surface area contributed by atoms with E-state index in [1.54, 1.807) is 19.1 Å². The summed E-state index contributed by atoms with van der Waals surface area (Å²) in [6, 6.07) is 13.8. The van der Waals surface area contributed by atoms with Crippen LogP contribution >= 0.6 is 15.9 Å². The molecule has 0 aliphatic carbocycles. The van der Waals surface area contributed by atoms with Crippen LogP contribution in [0.15, 0.2) is 53.0 Å². The highest BCUT2D eigenvalue weighted by atomic mass is 79.9. The van der Waals surface area contributed by atoms with E-state index < -0.39 is 12.1 Å². The molecule has 0 aliphatic rings. The van der Waals surface area contributed by atoms with Gasteiger partial charge in [0.05, 0.1) is 19.6 Å². The molecule has 0 heterocycles. The lowest BCUT2D eigenvalue weighted by Crippen LogP contribution is -2.37. The molecule has 6 nitrogen and oxygen atoms in total. The first-order chi connectivity index (χ1) is 12.4. The standard InChI is InChI=1S/C19H22BrN3O3/c1-23(12-13-4-3-5-16(10-13)26-2)18(24)11-17(22-19(21)25)14-6-8-15(20)9-7-14/h3-10,17H,11-12H2,1-2H3,(H3,21,22,25)/t17-/m0/s1. The second-order valence-electron chi connectivity index (χ2n) is 5.92. The van der Waals surface area contributed by atoms with E-state index in [1.165, 1.54) is 0 Å². The van der Waals surface area contributed by atoms with Gasteiger partial charge in [0.25, 0.3) is 0 Å². The van der Waals surface area contributed by atoms with Crippen LogP contribution in [0.2, 0.25) is 0 Å². The van der Waals surface area contributed by atoms with Gasteiger partial charge < -0.3 is 20.7 Å². The molecule has 3 amide bonds. The molecule has 0 saturated carbocycles. The Balaban J connectivity index is 2.07. The number of ether oxygens (including phenoxy) is 1. The molecule has 1 atom stereocenters. The Morgan fingerprint density at radius 2 is 1.92 bits per heavy atom. The van der Waals surface area contributed by atoms with Crippen LogP contribution in [0.1, 0.15) is 23.6 Å². The minimum absolute atomic E-state index is 0.102. The molecule has 26 heavy (non-hydrogen) atoms. The van der Waals surface area contributed by atoms with E-state index in [0.717, 1.165) is 21.3 Å². The van der Waals surface area contributed by atoms with Crippen molar-refractivity contribution in [2.24, 2.45) is 5.73 Å². The molecule has 0 aromatic heterocycles. The summed E-state index contributed by atoms with van der Waals surface area (Å²) in [5.41, 5.74) is 7.05. The van der Waals surface area contributed by atoms with Crippen LogP contribution in [0, 0.1) is 0 Å². The average molecular weight is 420 g/mol. The fourth-order valence-electron chi connectivity index (χ4n) is 2.58. The number of nitrogens with two attached hydrogens (primary N) is 1. The number of benzene rings is 2. The molecular formula is C19H22BrN3O3. The van der Waals surface area contributed by atoms with Gasteiger partial charge in [-0.3, -0.25) is 4.79 Å². The molecule has 2 aromatic rings. The Kier molecular flexibility index (Phi) is 7.03. The smallest absolute Gasteiger partial charge is 0.312 e. The quantitative estimate of drug-likeness (QED) is 0.722. The Hall–Kier alpha value is -2.54. The van der Waals surface area contributed by atoms with Gasteiger partial charge in [-0.05, 0) is 35.4 Å². The number of urea groups is 1. The Morgan fingerprint density at radius 3 is 2.54 bits per heavy atom. The van der Waals surface area contributed by atoms with Gasteiger partial charge in [0.1, 0.15) is 5.75 Å². The van der Waals surface area contributed by atoms with E-state index in [0.29, 0.717) is 6.54 Å². The summed E-state index contributed by atoms with van der Waals surface area (Å²) in [4.78, 5) is 25.6. The zero-order valence-electron chi connectivity index (χ0n) is 14.7. The zero-order chi connectivity index (χ0) is 19.1. The van der Waals surface area contributed by atoms with Crippen molar-refractivity contribution in [2.45, 2.75) is 19.0 Å². The molecule has 2 aromatic carbocycles. The summed E-state index contributed by atoms with van der Waals surface area (Å²) in [5, 5.41) is 2.64. The van der Waals surface area contributed by atoms with Gasteiger partial charge in [0, 0.05) is 18.1 Å². The first-order valence-electron chi connectivity index (χ1n) is 8.07. The van der Waals surface area contributed by atoms with Crippen molar-refractivity contribution in [3.8, 4) is 5.75 Å². The number of nitrogens with zero attached hydrogens (tertiary/aromatic N) is 1. The molecule has 0 saturated heterocycles. The van der Waals surface area contributed by atoms with E-state index in [4.69, 9.17) is 10.5 Å². The fourth-order valence-corrected chi connectivity index (χ4v) is 2.85. The van der Waals surface area contributed by atoms with Crippen LogP contribution < -0.4 is 15.8 Å². The number of halogens is 1. The SMILES string of the molecule is COc1cccc(CN(C)C(=O)C[C@H](NC(N)=O)c2ccc(Br)cc2)c1. The number of rotatable bonds is 7. The highest BCUT2D eigenvalue weighted by molar-refractivity contribution is 9.10. The molecule has 0 spiro atoms. The molecule has 7 heteroatoms. The van der Waals surface area contributed by atoms with E-state index in [2.05, 4.69) is 21.2 Å². The van der Waals surface area contributed by atoms with Crippen LogP contribution in [-0.4, -0.2) is 31.0 Å². The van der Waals surface area contributed by atoms with Crippen molar-refractivity contribution in [3.05, 3.63) is 64.1 Å². The second-order valence-corrected chi connectivity index (χ2v) is 6.83. The molecule has 0 bridgehead atoms. The molecule has 0 aliphatic heterocycles. The number of carbonyl (C=O) groups is 2.